The maximum absolute atomic E-state index is 11.9. The molecule has 0 fully saturated rings. The lowest BCUT2D eigenvalue weighted by molar-refractivity contribution is -0.114. The number of carbonyl (C=O) groups is 2. The summed E-state index contributed by atoms with van der Waals surface area (Å²) in [5.41, 5.74) is 1.19. The molecule has 0 spiro atoms. The zero-order valence-corrected chi connectivity index (χ0v) is 15.0. The van der Waals surface area contributed by atoms with Crippen LogP contribution in [-0.2, 0) is 9.59 Å². The molecule has 4 nitrogen and oxygen atoms in total. The molecule has 0 aromatic heterocycles. The molecule has 24 heavy (non-hydrogen) atoms. The van der Waals surface area contributed by atoms with Crippen LogP contribution in [0.15, 0.2) is 59.5 Å². The summed E-state index contributed by atoms with van der Waals surface area (Å²) in [4.78, 5) is 24.7. The Hall–Kier alpha value is -1.95. The summed E-state index contributed by atoms with van der Waals surface area (Å²) < 4.78 is 0. The van der Waals surface area contributed by atoms with Crippen molar-refractivity contribution in [3.05, 3.63) is 64.7 Å². The van der Waals surface area contributed by atoms with Gasteiger partial charge < -0.3 is 10.6 Å². The maximum Gasteiger partial charge on any atom is 0.248 e. The summed E-state index contributed by atoms with van der Waals surface area (Å²) in [6.07, 6.45) is 4.25. The molecule has 2 amide bonds. The molecular weight excluding hydrogens is 367 g/mol. The van der Waals surface area contributed by atoms with E-state index in [1.54, 1.807) is 18.2 Å². The molecule has 2 aromatic rings. The van der Waals surface area contributed by atoms with Crippen molar-refractivity contribution in [1.82, 2.24) is 0 Å². The average molecular weight is 381 g/mol. The third-order valence-corrected chi connectivity index (χ3v) is 4.47. The summed E-state index contributed by atoms with van der Waals surface area (Å²) in [5.74, 6) is -0.831. The van der Waals surface area contributed by atoms with Gasteiger partial charge >= 0.3 is 0 Å². The van der Waals surface area contributed by atoms with E-state index in [9.17, 15) is 9.59 Å². The van der Waals surface area contributed by atoms with Gasteiger partial charge in [-0.3, -0.25) is 9.59 Å². The zero-order chi connectivity index (χ0) is 17.5. The van der Waals surface area contributed by atoms with Gasteiger partial charge in [-0.2, -0.15) is 0 Å². The number of anilines is 2. The smallest absolute Gasteiger partial charge is 0.248 e. The van der Waals surface area contributed by atoms with E-state index >= 15 is 0 Å². The Morgan fingerprint density at radius 1 is 0.958 bits per heavy atom. The fraction of sp³-hybridized carbons (Fsp3) is 0.0588. The molecule has 0 aliphatic heterocycles. The molecule has 124 valence electrons. The summed E-state index contributed by atoms with van der Waals surface area (Å²) in [6.45, 7) is 0. The number of nitrogens with one attached hydrogen (secondary N) is 2. The predicted molar refractivity (Wildman–Crippen MR) is 101 cm³/mol. The molecule has 0 heterocycles. The van der Waals surface area contributed by atoms with Crippen LogP contribution in [0.3, 0.4) is 0 Å². The van der Waals surface area contributed by atoms with Crippen molar-refractivity contribution >= 4 is 58.2 Å². The highest BCUT2D eigenvalue weighted by molar-refractivity contribution is 7.98. The van der Waals surface area contributed by atoms with Crippen molar-refractivity contribution in [3.63, 3.8) is 0 Å². The second-order valence-electron chi connectivity index (χ2n) is 4.64. The monoisotopic (exact) mass is 380 g/mol. The number of benzene rings is 2. The van der Waals surface area contributed by atoms with Crippen molar-refractivity contribution in [1.29, 1.82) is 0 Å². The second-order valence-corrected chi connectivity index (χ2v) is 6.30. The number of thioether (sulfide) groups is 1. The fourth-order valence-electron chi connectivity index (χ4n) is 1.83. The van der Waals surface area contributed by atoms with E-state index in [1.807, 2.05) is 24.5 Å². The first-order valence-electron chi connectivity index (χ1n) is 6.87. The molecule has 2 aromatic carbocycles. The lowest BCUT2D eigenvalue weighted by atomic mass is 10.3. The van der Waals surface area contributed by atoms with Gasteiger partial charge in [-0.1, -0.05) is 35.3 Å². The first kappa shape index (κ1) is 18.4. The molecule has 0 aliphatic carbocycles. The van der Waals surface area contributed by atoms with Crippen molar-refractivity contribution in [2.75, 3.05) is 16.9 Å². The van der Waals surface area contributed by atoms with Gasteiger partial charge in [-0.05, 0) is 36.6 Å². The Balaban J connectivity index is 1.95. The van der Waals surface area contributed by atoms with Gasteiger partial charge in [0.2, 0.25) is 11.8 Å². The summed E-state index contributed by atoms with van der Waals surface area (Å²) in [7, 11) is 0. The molecule has 0 radical (unpaired) electrons. The van der Waals surface area contributed by atoms with Crippen LogP contribution in [0.1, 0.15) is 0 Å². The second kappa shape index (κ2) is 8.78. The van der Waals surface area contributed by atoms with E-state index in [-0.39, 0.29) is 5.91 Å². The van der Waals surface area contributed by atoms with Gasteiger partial charge in [0.05, 0.1) is 15.7 Å². The van der Waals surface area contributed by atoms with E-state index in [4.69, 9.17) is 23.2 Å². The summed E-state index contributed by atoms with van der Waals surface area (Å²) >= 11 is 13.2. The minimum atomic E-state index is -0.443. The molecular formula is C17H14Cl2N2O2S. The lowest BCUT2D eigenvalue weighted by Gasteiger charge is -2.07. The Bertz CT molecular complexity index is 794. The molecule has 7 heteroatoms. The number of amides is 2. The van der Waals surface area contributed by atoms with Gasteiger partial charge in [0.15, 0.2) is 0 Å². The summed E-state index contributed by atoms with van der Waals surface area (Å²) in [6, 6.07) is 12.2. The van der Waals surface area contributed by atoms with E-state index < -0.39 is 5.91 Å². The van der Waals surface area contributed by atoms with Crippen LogP contribution in [0.4, 0.5) is 11.4 Å². The third kappa shape index (κ3) is 5.30. The molecule has 0 atom stereocenters. The fourth-order valence-corrected chi connectivity index (χ4v) is 2.68. The van der Waals surface area contributed by atoms with Crippen LogP contribution < -0.4 is 10.6 Å². The van der Waals surface area contributed by atoms with E-state index in [0.717, 1.165) is 11.0 Å². The third-order valence-electron chi connectivity index (χ3n) is 2.94. The van der Waals surface area contributed by atoms with Gasteiger partial charge in [-0.15, -0.1) is 11.8 Å². The number of hydrogen-bond acceptors (Lipinski definition) is 3. The minimum absolute atomic E-state index is 0.338. The molecule has 0 saturated carbocycles. The van der Waals surface area contributed by atoms with Gasteiger partial charge in [-0.25, -0.2) is 0 Å². The highest BCUT2D eigenvalue weighted by Gasteiger charge is 2.05. The first-order valence-corrected chi connectivity index (χ1v) is 8.86. The maximum atomic E-state index is 11.9. The van der Waals surface area contributed by atoms with Crippen molar-refractivity contribution in [2.45, 2.75) is 4.90 Å². The Morgan fingerprint density at radius 3 is 2.29 bits per heavy atom. The van der Waals surface area contributed by atoms with E-state index in [0.29, 0.717) is 21.4 Å². The Morgan fingerprint density at radius 2 is 1.62 bits per heavy atom. The number of halogens is 2. The topological polar surface area (TPSA) is 58.2 Å². The predicted octanol–water partition coefficient (Wildman–Crippen LogP) is 4.85. The van der Waals surface area contributed by atoms with Crippen molar-refractivity contribution in [2.24, 2.45) is 0 Å². The molecule has 0 bridgehead atoms. The van der Waals surface area contributed by atoms with Gasteiger partial charge in [0.1, 0.15) is 0 Å². The largest absolute Gasteiger partial charge is 0.322 e. The van der Waals surface area contributed by atoms with Crippen molar-refractivity contribution < 1.29 is 9.59 Å². The standard InChI is InChI=1S/C17H14Cl2N2O2S/c1-24-15-5-3-2-4-14(15)21-17(23)9-8-16(22)20-11-6-7-12(18)13(19)10-11/h2-10H,1H3,(H,20,22)(H,21,23)/b9-8-. The number of para-hydroxylation sites is 1. The number of carbonyl (C=O) groups excluding carboxylic acids is 2. The lowest BCUT2D eigenvalue weighted by Crippen LogP contribution is -2.12. The van der Waals surface area contributed by atoms with E-state index in [1.165, 1.54) is 23.9 Å². The molecule has 0 unspecified atom stereocenters. The van der Waals surface area contributed by atoms with Crippen LogP contribution >= 0.6 is 35.0 Å². The van der Waals surface area contributed by atoms with Crippen LogP contribution in [-0.4, -0.2) is 18.1 Å². The first-order chi connectivity index (χ1) is 11.5. The van der Waals surface area contributed by atoms with E-state index in [2.05, 4.69) is 10.6 Å². The SMILES string of the molecule is CSc1ccccc1NC(=O)/C=C\C(=O)Nc1ccc(Cl)c(Cl)c1. The van der Waals surface area contributed by atoms with Crippen LogP contribution in [0.5, 0.6) is 0 Å². The normalized spacial score (nSPS) is 10.6. The number of rotatable bonds is 5. The zero-order valence-electron chi connectivity index (χ0n) is 12.7. The Labute approximate surface area is 154 Å². The molecule has 2 N–H and O–H groups in total. The van der Waals surface area contributed by atoms with Gasteiger partial charge in [0, 0.05) is 22.7 Å². The number of hydrogen-bond donors (Lipinski definition) is 2. The van der Waals surface area contributed by atoms with Gasteiger partial charge in [0.25, 0.3) is 0 Å². The average Bonchev–Trinajstić information content (AvgIpc) is 2.57. The summed E-state index contributed by atoms with van der Waals surface area (Å²) in [5, 5.41) is 6.07. The highest BCUT2D eigenvalue weighted by Crippen LogP contribution is 2.25. The Kier molecular flexibility index (Phi) is 6.73. The molecule has 2 rings (SSSR count). The van der Waals surface area contributed by atoms with Crippen LogP contribution in [0, 0.1) is 0 Å². The van der Waals surface area contributed by atoms with Crippen LogP contribution in [0.25, 0.3) is 0 Å². The highest BCUT2D eigenvalue weighted by atomic mass is 35.5. The quantitative estimate of drug-likeness (QED) is 0.575. The van der Waals surface area contributed by atoms with Crippen LogP contribution in [0.2, 0.25) is 10.0 Å². The van der Waals surface area contributed by atoms with Crippen molar-refractivity contribution in [3.8, 4) is 0 Å². The molecule has 0 saturated heterocycles. The minimum Gasteiger partial charge on any atom is -0.322 e. The molecule has 0 aliphatic rings.